The van der Waals surface area contributed by atoms with Crippen molar-refractivity contribution < 1.29 is 8.42 Å². The second-order valence-electron chi connectivity index (χ2n) is 6.73. The number of benzene rings is 2. The summed E-state index contributed by atoms with van der Waals surface area (Å²) in [6, 6.07) is 13.3. The maximum Gasteiger partial charge on any atom is 0.175 e. The van der Waals surface area contributed by atoms with Gasteiger partial charge in [-0.05, 0) is 61.7 Å². The Hall–Kier alpha value is -2.07. The van der Waals surface area contributed by atoms with Gasteiger partial charge in [-0.15, -0.1) is 0 Å². The van der Waals surface area contributed by atoms with E-state index in [9.17, 15) is 8.42 Å². The van der Waals surface area contributed by atoms with Crippen molar-refractivity contribution in [1.82, 2.24) is 0 Å². The van der Waals surface area contributed by atoms with Crippen LogP contribution in [0.3, 0.4) is 0 Å². The molecule has 2 aromatic carbocycles. The Bertz CT molecular complexity index is 909. The highest BCUT2D eigenvalue weighted by Gasteiger charge is 2.22. The summed E-state index contributed by atoms with van der Waals surface area (Å²) >= 11 is 0. The molecule has 0 spiro atoms. The van der Waals surface area contributed by atoms with E-state index in [0.29, 0.717) is 4.90 Å². The number of hydrogen-bond acceptors (Lipinski definition) is 3. The van der Waals surface area contributed by atoms with Gasteiger partial charge in [0.1, 0.15) is 0 Å². The van der Waals surface area contributed by atoms with Crippen LogP contribution >= 0.6 is 0 Å². The standard InChI is InChI=1S/C19H21NO2S/c1-13-12-19(2,3)20-18-9-8-15(11-17(13)18)14-6-5-7-16(10-14)23(4,21)22/h5-12,20H,1-4H3. The van der Waals surface area contributed by atoms with Gasteiger partial charge in [-0.3, -0.25) is 0 Å². The van der Waals surface area contributed by atoms with Crippen molar-refractivity contribution in [3.8, 4) is 11.1 Å². The highest BCUT2D eigenvalue weighted by Crippen LogP contribution is 2.36. The van der Waals surface area contributed by atoms with E-state index in [0.717, 1.165) is 22.4 Å². The molecule has 0 bridgehead atoms. The minimum atomic E-state index is -3.20. The van der Waals surface area contributed by atoms with Gasteiger partial charge in [-0.1, -0.05) is 24.3 Å². The molecular weight excluding hydrogens is 306 g/mol. The first-order valence-electron chi connectivity index (χ1n) is 7.58. The highest BCUT2D eigenvalue weighted by molar-refractivity contribution is 7.90. The molecule has 1 heterocycles. The molecule has 2 aromatic rings. The zero-order chi connectivity index (χ0) is 16.8. The molecule has 0 unspecified atom stereocenters. The smallest absolute Gasteiger partial charge is 0.175 e. The van der Waals surface area contributed by atoms with Crippen LogP contribution in [-0.4, -0.2) is 20.2 Å². The minimum Gasteiger partial charge on any atom is -0.376 e. The summed E-state index contributed by atoms with van der Waals surface area (Å²) in [7, 11) is -3.20. The van der Waals surface area contributed by atoms with Gasteiger partial charge in [0.25, 0.3) is 0 Å². The predicted molar refractivity (Wildman–Crippen MR) is 96.3 cm³/mol. The van der Waals surface area contributed by atoms with E-state index in [4.69, 9.17) is 0 Å². The fourth-order valence-electron chi connectivity index (χ4n) is 3.07. The third-order valence-corrected chi connectivity index (χ3v) is 5.18. The number of rotatable bonds is 2. The van der Waals surface area contributed by atoms with E-state index in [2.05, 4.69) is 44.3 Å². The Balaban J connectivity index is 2.09. The molecule has 0 saturated heterocycles. The minimum absolute atomic E-state index is 0.0607. The lowest BCUT2D eigenvalue weighted by Crippen LogP contribution is -2.31. The molecule has 1 aliphatic heterocycles. The molecule has 1 N–H and O–H groups in total. The number of allylic oxidation sites excluding steroid dienone is 1. The van der Waals surface area contributed by atoms with Crippen molar-refractivity contribution in [3.05, 3.63) is 54.1 Å². The summed E-state index contributed by atoms with van der Waals surface area (Å²) in [5.41, 5.74) is 5.36. The molecule has 0 atom stereocenters. The molecule has 4 heteroatoms. The van der Waals surface area contributed by atoms with Crippen LogP contribution in [0.5, 0.6) is 0 Å². The van der Waals surface area contributed by atoms with E-state index in [1.807, 2.05) is 12.1 Å². The van der Waals surface area contributed by atoms with Crippen LogP contribution in [0.1, 0.15) is 26.3 Å². The van der Waals surface area contributed by atoms with E-state index < -0.39 is 9.84 Å². The van der Waals surface area contributed by atoms with Gasteiger partial charge in [0.2, 0.25) is 0 Å². The Morgan fingerprint density at radius 3 is 2.39 bits per heavy atom. The van der Waals surface area contributed by atoms with Crippen LogP contribution in [0.15, 0.2) is 53.4 Å². The molecular formula is C19H21NO2S. The van der Waals surface area contributed by atoms with Gasteiger partial charge >= 0.3 is 0 Å². The van der Waals surface area contributed by atoms with Crippen molar-refractivity contribution >= 4 is 21.1 Å². The Morgan fingerprint density at radius 1 is 1.00 bits per heavy atom. The van der Waals surface area contributed by atoms with E-state index in [-0.39, 0.29) is 5.54 Å². The third-order valence-electron chi connectivity index (χ3n) is 4.07. The number of anilines is 1. The number of sulfone groups is 1. The van der Waals surface area contributed by atoms with E-state index in [1.54, 1.807) is 18.2 Å². The Labute approximate surface area is 138 Å². The van der Waals surface area contributed by atoms with Crippen molar-refractivity contribution in [3.63, 3.8) is 0 Å². The predicted octanol–water partition coefficient (Wildman–Crippen LogP) is 4.36. The molecule has 3 rings (SSSR count). The summed E-state index contributed by atoms with van der Waals surface area (Å²) in [6.07, 6.45) is 3.45. The molecule has 0 aliphatic carbocycles. The summed E-state index contributed by atoms with van der Waals surface area (Å²) in [6.45, 7) is 6.39. The van der Waals surface area contributed by atoms with Gasteiger partial charge in [0.15, 0.2) is 9.84 Å². The fraction of sp³-hybridized carbons (Fsp3) is 0.263. The van der Waals surface area contributed by atoms with Crippen molar-refractivity contribution in [1.29, 1.82) is 0 Å². The quantitative estimate of drug-likeness (QED) is 0.891. The monoisotopic (exact) mass is 327 g/mol. The zero-order valence-electron chi connectivity index (χ0n) is 13.8. The topological polar surface area (TPSA) is 46.2 Å². The van der Waals surface area contributed by atoms with Gasteiger partial charge in [-0.2, -0.15) is 0 Å². The second kappa shape index (κ2) is 5.24. The van der Waals surface area contributed by atoms with Gasteiger partial charge < -0.3 is 5.32 Å². The van der Waals surface area contributed by atoms with Crippen molar-refractivity contribution in [2.75, 3.05) is 11.6 Å². The third kappa shape index (κ3) is 3.17. The van der Waals surface area contributed by atoms with Crippen LogP contribution < -0.4 is 5.32 Å². The van der Waals surface area contributed by atoms with Crippen LogP contribution in [0.4, 0.5) is 5.69 Å². The van der Waals surface area contributed by atoms with Gasteiger partial charge in [-0.25, -0.2) is 8.42 Å². The molecule has 0 fully saturated rings. The second-order valence-corrected chi connectivity index (χ2v) is 8.75. The normalized spacial score (nSPS) is 16.3. The number of fused-ring (bicyclic) bond motifs is 1. The molecule has 120 valence electrons. The molecule has 23 heavy (non-hydrogen) atoms. The lowest BCUT2D eigenvalue weighted by Gasteiger charge is -2.31. The van der Waals surface area contributed by atoms with Gasteiger partial charge in [0.05, 0.1) is 10.4 Å². The lowest BCUT2D eigenvalue weighted by molar-refractivity contribution is 0.602. The summed E-state index contributed by atoms with van der Waals surface area (Å²) < 4.78 is 23.5. The largest absolute Gasteiger partial charge is 0.376 e. The Morgan fingerprint density at radius 2 is 1.70 bits per heavy atom. The fourth-order valence-corrected chi connectivity index (χ4v) is 3.73. The van der Waals surface area contributed by atoms with Crippen LogP contribution in [0.2, 0.25) is 0 Å². The highest BCUT2D eigenvalue weighted by atomic mass is 32.2. The first-order chi connectivity index (χ1) is 10.7. The van der Waals surface area contributed by atoms with Crippen LogP contribution in [-0.2, 0) is 9.84 Å². The molecule has 0 amide bonds. The zero-order valence-corrected chi connectivity index (χ0v) is 14.7. The first kappa shape index (κ1) is 15.8. The molecule has 1 aliphatic rings. The average Bonchev–Trinajstić information content (AvgIpc) is 2.45. The average molecular weight is 327 g/mol. The van der Waals surface area contributed by atoms with Crippen molar-refractivity contribution in [2.24, 2.45) is 0 Å². The molecule has 3 nitrogen and oxygen atoms in total. The SMILES string of the molecule is CC1=CC(C)(C)Nc2ccc(-c3cccc(S(C)(=O)=O)c3)cc21. The molecule has 0 saturated carbocycles. The summed E-state index contributed by atoms with van der Waals surface area (Å²) in [5, 5.41) is 3.51. The maximum absolute atomic E-state index is 11.8. The Kier molecular flexibility index (Phi) is 3.60. The number of hydrogen-bond donors (Lipinski definition) is 1. The lowest BCUT2D eigenvalue weighted by atomic mass is 9.89. The van der Waals surface area contributed by atoms with E-state index in [1.165, 1.54) is 11.8 Å². The molecule has 0 aromatic heterocycles. The van der Waals surface area contributed by atoms with E-state index >= 15 is 0 Å². The van der Waals surface area contributed by atoms with Crippen LogP contribution in [0, 0.1) is 0 Å². The summed E-state index contributed by atoms with van der Waals surface area (Å²) in [4.78, 5) is 0.347. The van der Waals surface area contributed by atoms with Crippen LogP contribution in [0.25, 0.3) is 16.7 Å². The first-order valence-corrected chi connectivity index (χ1v) is 9.47. The summed E-state index contributed by atoms with van der Waals surface area (Å²) in [5.74, 6) is 0. The number of nitrogens with one attached hydrogen (secondary N) is 1. The van der Waals surface area contributed by atoms with Gasteiger partial charge in [0, 0.05) is 17.5 Å². The maximum atomic E-state index is 11.8. The molecule has 0 radical (unpaired) electrons. The van der Waals surface area contributed by atoms with Crippen molar-refractivity contribution in [2.45, 2.75) is 31.2 Å².